The van der Waals surface area contributed by atoms with Crippen molar-refractivity contribution in [1.82, 2.24) is 4.90 Å². The zero-order valence-corrected chi connectivity index (χ0v) is 17.1. The Balaban J connectivity index is 2.02. The van der Waals surface area contributed by atoms with Crippen molar-refractivity contribution in [2.75, 3.05) is 13.2 Å². The van der Waals surface area contributed by atoms with Crippen LogP contribution >= 0.6 is 23.4 Å². The molecular weight excluding hydrogens is 390 g/mol. The molecule has 0 radical (unpaired) electrons. The monoisotopic (exact) mass is 413 g/mol. The zero-order chi connectivity index (χ0) is 20.1. The Morgan fingerprint density at radius 2 is 1.93 bits per heavy atom. The van der Waals surface area contributed by atoms with Gasteiger partial charge in [0.05, 0.1) is 24.7 Å². The third kappa shape index (κ3) is 5.46. The number of nitrogens with zero attached hydrogens (tertiary/aromatic N) is 1. The van der Waals surface area contributed by atoms with Crippen LogP contribution in [0.3, 0.4) is 0 Å². The number of amides is 1. The van der Waals surface area contributed by atoms with E-state index in [1.54, 1.807) is 43.0 Å². The molecule has 8 heteroatoms. The van der Waals surface area contributed by atoms with Gasteiger partial charge in [0.15, 0.2) is 5.12 Å². The van der Waals surface area contributed by atoms with Crippen molar-refractivity contribution in [3.63, 3.8) is 0 Å². The number of carbonyl (C=O) groups excluding carboxylic acids is 3. The SMILES string of the molecule is CC(=O)OCCCN1C(=O)[C@H]([C@@H](C)O)[C@H]1[C@@H](C)C(=O)Sc1ccc(Cl)cc1. The molecule has 0 unspecified atom stereocenters. The first-order valence-electron chi connectivity index (χ1n) is 8.81. The van der Waals surface area contributed by atoms with Gasteiger partial charge in [0.2, 0.25) is 5.91 Å². The van der Waals surface area contributed by atoms with Crippen LogP contribution < -0.4 is 0 Å². The van der Waals surface area contributed by atoms with Crippen molar-refractivity contribution in [3.8, 4) is 0 Å². The highest BCUT2D eigenvalue weighted by molar-refractivity contribution is 8.13. The maximum atomic E-state index is 12.7. The van der Waals surface area contributed by atoms with Crippen molar-refractivity contribution < 1.29 is 24.2 Å². The summed E-state index contributed by atoms with van der Waals surface area (Å²) in [7, 11) is 0. The van der Waals surface area contributed by atoms with Crippen LogP contribution in [-0.2, 0) is 19.1 Å². The lowest BCUT2D eigenvalue weighted by Gasteiger charge is -2.50. The summed E-state index contributed by atoms with van der Waals surface area (Å²) in [5.41, 5.74) is 0. The van der Waals surface area contributed by atoms with Crippen LogP contribution in [0.2, 0.25) is 5.02 Å². The third-order valence-electron chi connectivity index (χ3n) is 4.58. The summed E-state index contributed by atoms with van der Waals surface area (Å²) in [5, 5.41) is 10.5. The van der Waals surface area contributed by atoms with Gasteiger partial charge in [0.1, 0.15) is 0 Å². The van der Waals surface area contributed by atoms with Crippen molar-refractivity contribution in [1.29, 1.82) is 0 Å². The first-order valence-corrected chi connectivity index (χ1v) is 10.0. The lowest BCUT2D eigenvalue weighted by molar-refractivity contribution is -0.168. The molecule has 148 valence electrons. The molecule has 1 fully saturated rings. The molecule has 1 aromatic carbocycles. The molecule has 6 nitrogen and oxygen atoms in total. The van der Waals surface area contributed by atoms with Crippen LogP contribution in [0.1, 0.15) is 27.2 Å². The fourth-order valence-electron chi connectivity index (χ4n) is 3.23. The molecule has 0 bridgehead atoms. The van der Waals surface area contributed by atoms with Gasteiger partial charge in [0.25, 0.3) is 0 Å². The molecule has 1 aliphatic heterocycles. The first-order chi connectivity index (χ1) is 12.7. The summed E-state index contributed by atoms with van der Waals surface area (Å²) in [6, 6.07) is 6.60. The number of likely N-dealkylation sites (tertiary alicyclic amines) is 1. The molecular formula is C19H24ClNO5S. The van der Waals surface area contributed by atoms with Gasteiger partial charge in [-0.15, -0.1) is 0 Å². The van der Waals surface area contributed by atoms with Gasteiger partial charge < -0.3 is 14.7 Å². The van der Waals surface area contributed by atoms with Crippen molar-refractivity contribution >= 4 is 40.4 Å². The molecule has 1 amide bonds. The van der Waals surface area contributed by atoms with Crippen LogP contribution in [0.5, 0.6) is 0 Å². The largest absolute Gasteiger partial charge is 0.466 e. The molecule has 1 aromatic rings. The molecule has 1 N–H and O–H groups in total. The molecule has 1 saturated heterocycles. The molecule has 1 aliphatic rings. The number of aliphatic hydroxyl groups is 1. The second-order valence-electron chi connectivity index (χ2n) is 6.65. The lowest BCUT2D eigenvalue weighted by Crippen LogP contribution is -2.67. The molecule has 2 rings (SSSR count). The fraction of sp³-hybridized carbons (Fsp3) is 0.526. The van der Waals surface area contributed by atoms with E-state index >= 15 is 0 Å². The number of hydrogen-bond donors (Lipinski definition) is 1. The van der Waals surface area contributed by atoms with E-state index in [0.717, 1.165) is 16.7 Å². The fourth-order valence-corrected chi connectivity index (χ4v) is 4.19. The minimum Gasteiger partial charge on any atom is -0.466 e. The molecule has 0 saturated carbocycles. The number of esters is 1. The van der Waals surface area contributed by atoms with Gasteiger partial charge in [-0.2, -0.15) is 0 Å². The van der Waals surface area contributed by atoms with Crippen molar-refractivity contribution in [3.05, 3.63) is 29.3 Å². The highest BCUT2D eigenvalue weighted by Crippen LogP contribution is 2.38. The Labute approximate surface area is 168 Å². The number of benzene rings is 1. The van der Waals surface area contributed by atoms with Crippen LogP contribution in [0.15, 0.2) is 29.2 Å². The summed E-state index contributed by atoms with van der Waals surface area (Å²) in [6.07, 6.45) is -0.345. The minimum atomic E-state index is -0.831. The van der Waals surface area contributed by atoms with Crippen molar-refractivity contribution in [2.45, 2.75) is 44.2 Å². The predicted octanol–water partition coefficient (Wildman–Crippen LogP) is 2.76. The predicted molar refractivity (Wildman–Crippen MR) is 103 cm³/mol. The maximum absolute atomic E-state index is 12.7. The topological polar surface area (TPSA) is 83.9 Å². The van der Waals surface area contributed by atoms with Gasteiger partial charge in [-0.05, 0) is 37.6 Å². The molecule has 1 heterocycles. The van der Waals surface area contributed by atoms with Gasteiger partial charge in [-0.3, -0.25) is 14.4 Å². The van der Waals surface area contributed by atoms with Crippen LogP contribution in [-0.4, -0.2) is 52.3 Å². The van der Waals surface area contributed by atoms with Gasteiger partial charge in [-0.25, -0.2) is 0 Å². The summed E-state index contributed by atoms with van der Waals surface area (Å²) in [4.78, 5) is 38.3. The van der Waals surface area contributed by atoms with E-state index in [4.69, 9.17) is 16.3 Å². The molecule has 4 atom stereocenters. The second kappa shape index (κ2) is 9.57. The third-order valence-corrected chi connectivity index (χ3v) is 5.91. The van der Waals surface area contributed by atoms with Gasteiger partial charge in [0, 0.05) is 29.3 Å². The van der Waals surface area contributed by atoms with E-state index in [2.05, 4.69) is 0 Å². The number of thioether (sulfide) groups is 1. The number of aliphatic hydroxyl groups excluding tert-OH is 1. The average Bonchev–Trinajstić information content (AvgIpc) is 2.59. The number of halogens is 1. The Kier molecular flexibility index (Phi) is 7.70. The highest BCUT2D eigenvalue weighted by atomic mass is 35.5. The minimum absolute atomic E-state index is 0.0783. The standard InChI is InChI=1S/C19H24ClNO5S/c1-11(19(25)27-15-7-5-14(20)6-8-15)17-16(12(2)22)18(24)21(17)9-4-10-26-13(3)23/h5-8,11-12,16-17,22H,4,9-10H2,1-3H3/t11-,12-,16-,17-/m1/s1. The number of ether oxygens (including phenoxy) is 1. The van der Waals surface area contributed by atoms with Crippen LogP contribution in [0, 0.1) is 11.8 Å². The highest BCUT2D eigenvalue weighted by Gasteiger charge is 2.53. The Morgan fingerprint density at radius 1 is 1.30 bits per heavy atom. The second-order valence-corrected chi connectivity index (χ2v) is 8.16. The summed E-state index contributed by atoms with van der Waals surface area (Å²) in [5.74, 6) is -1.58. The van der Waals surface area contributed by atoms with Gasteiger partial charge in [-0.1, -0.05) is 30.3 Å². The number of hydrogen-bond acceptors (Lipinski definition) is 6. The van der Waals surface area contributed by atoms with Crippen molar-refractivity contribution in [2.24, 2.45) is 11.8 Å². The smallest absolute Gasteiger partial charge is 0.302 e. The van der Waals surface area contributed by atoms with E-state index < -0.39 is 17.9 Å². The number of carbonyl (C=O) groups is 3. The normalized spacial score (nSPS) is 21.4. The summed E-state index contributed by atoms with van der Waals surface area (Å²) >= 11 is 6.97. The molecule has 0 aliphatic carbocycles. The van der Waals surface area contributed by atoms with Crippen LogP contribution in [0.25, 0.3) is 0 Å². The number of β-lactam (4-membered cyclic amide) rings is 1. The average molecular weight is 414 g/mol. The first kappa shape index (κ1) is 21.7. The molecule has 0 spiro atoms. The zero-order valence-electron chi connectivity index (χ0n) is 15.6. The van der Waals surface area contributed by atoms with Gasteiger partial charge >= 0.3 is 5.97 Å². The van der Waals surface area contributed by atoms with Crippen LogP contribution in [0.4, 0.5) is 0 Å². The van der Waals surface area contributed by atoms with E-state index in [9.17, 15) is 19.5 Å². The van der Waals surface area contributed by atoms with E-state index in [1.165, 1.54) is 6.92 Å². The Morgan fingerprint density at radius 3 is 2.48 bits per heavy atom. The molecule has 0 aromatic heterocycles. The Hall–Kier alpha value is -1.57. The van der Waals surface area contributed by atoms with E-state index in [-0.39, 0.29) is 29.6 Å². The maximum Gasteiger partial charge on any atom is 0.302 e. The lowest BCUT2D eigenvalue weighted by atomic mass is 9.77. The number of rotatable bonds is 8. The van der Waals surface area contributed by atoms with E-state index in [1.807, 2.05) is 0 Å². The molecule has 27 heavy (non-hydrogen) atoms. The quantitative estimate of drug-likeness (QED) is 0.305. The van der Waals surface area contributed by atoms with E-state index in [0.29, 0.717) is 18.0 Å². The summed E-state index contributed by atoms with van der Waals surface area (Å²) in [6.45, 7) is 5.26. The summed E-state index contributed by atoms with van der Waals surface area (Å²) < 4.78 is 4.89. The Bertz CT molecular complexity index is 694.